The monoisotopic (exact) mass is 254 g/mol. The Kier molecular flexibility index (Phi) is 4.95. The van der Waals surface area contributed by atoms with E-state index in [1.165, 1.54) is 6.07 Å². The number of rotatable bonds is 6. The van der Waals surface area contributed by atoms with Crippen molar-refractivity contribution in [3.8, 4) is 0 Å². The van der Waals surface area contributed by atoms with E-state index in [0.29, 0.717) is 0 Å². The Morgan fingerprint density at radius 3 is 2.78 bits per heavy atom. The number of carbonyl (C=O) groups is 1. The Labute approximate surface area is 106 Å². The first-order chi connectivity index (χ1) is 8.45. The average molecular weight is 254 g/mol. The van der Waals surface area contributed by atoms with Crippen molar-refractivity contribution in [3.05, 3.63) is 23.5 Å². The minimum absolute atomic E-state index is 0.0632. The van der Waals surface area contributed by atoms with E-state index in [4.69, 9.17) is 10.8 Å². The Balaban J connectivity index is 2.88. The van der Waals surface area contributed by atoms with Crippen molar-refractivity contribution in [1.29, 1.82) is 0 Å². The number of nitrogens with two attached hydrogens (primary N) is 1. The van der Waals surface area contributed by atoms with E-state index in [0.717, 1.165) is 25.3 Å². The van der Waals surface area contributed by atoms with Crippen LogP contribution in [0.25, 0.3) is 0 Å². The van der Waals surface area contributed by atoms with Gasteiger partial charge in [-0.2, -0.15) is 0 Å². The van der Waals surface area contributed by atoms with Gasteiger partial charge in [0.05, 0.1) is 11.3 Å². The summed E-state index contributed by atoms with van der Waals surface area (Å²) >= 11 is 0. The van der Waals surface area contributed by atoms with E-state index >= 15 is 0 Å². The lowest BCUT2D eigenvalue weighted by molar-refractivity contribution is 0.0698. The Hall–Kier alpha value is -1.78. The molecule has 1 aromatic carbocycles. The largest absolute Gasteiger partial charge is 0.478 e. The molecule has 1 unspecified atom stereocenters. The van der Waals surface area contributed by atoms with Crippen LogP contribution in [0.1, 0.15) is 43.5 Å². The van der Waals surface area contributed by atoms with Crippen molar-refractivity contribution in [2.45, 2.75) is 39.2 Å². The molecular formula is C13H19FN2O2. The fourth-order valence-corrected chi connectivity index (χ4v) is 1.73. The molecule has 0 aliphatic carbocycles. The van der Waals surface area contributed by atoms with Crippen molar-refractivity contribution in [2.24, 2.45) is 0 Å². The molecule has 0 aliphatic rings. The van der Waals surface area contributed by atoms with Crippen molar-refractivity contribution in [2.75, 3.05) is 11.1 Å². The van der Waals surface area contributed by atoms with Gasteiger partial charge in [-0.25, -0.2) is 9.18 Å². The fourth-order valence-electron chi connectivity index (χ4n) is 1.73. The summed E-state index contributed by atoms with van der Waals surface area (Å²) < 4.78 is 13.6. The van der Waals surface area contributed by atoms with Gasteiger partial charge in [0.1, 0.15) is 5.82 Å². The molecule has 0 fully saturated rings. The Morgan fingerprint density at radius 1 is 1.56 bits per heavy atom. The molecule has 1 aromatic rings. The van der Waals surface area contributed by atoms with Gasteiger partial charge in [-0.05, 0) is 25.5 Å². The van der Waals surface area contributed by atoms with E-state index in [2.05, 4.69) is 12.2 Å². The van der Waals surface area contributed by atoms with Gasteiger partial charge in [0.15, 0.2) is 0 Å². The predicted molar refractivity (Wildman–Crippen MR) is 70.4 cm³/mol. The molecule has 0 radical (unpaired) electrons. The van der Waals surface area contributed by atoms with E-state index in [9.17, 15) is 9.18 Å². The molecule has 0 spiro atoms. The van der Waals surface area contributed by atoms with Gasteiger partial charge in [0, 0.05) is 11.7 Å². The quantitative estimate of drug-likeness (QED) is 0.682. The third-order valence-electron chi connectivity index (χ3n) is 2.76. The molecule has 4 N–H and O–H groups in total. The zero-order valence-corrected chi connectivity index (χ0v) is 10.7. The average Bonchev–Trinajstić information content (AvgIpc) is 2.29. The molecule has 100 valence electrons. The van der Waals surface area contributed by atoms with Gasteiger partial charge in [0.25, 0.3) is 0 Å². The Morgan fingerprint density at radius 2 is 2.22 bits per heavy atom. The van der Waals surface area contributed by atoms with Gasteiger partial charge >= 0.3 is 5.97 Å². The summed E-state index contributed by atoms with van der Waals surface area (Å²) in [4.78, 5) is 10.9. The second-order valence-corrected chi connectivity index (χ2v) is 4.41. The maximum atomic E-state index is 13.6. The van der Waals surface area contributed by atoms with Gasteiger partial charge in [-0.1, -0.05) is 19.8 Å². The normalized spacial score (nSPS) is 12.2. The van der Waals surface area contributed by atoms with Crippen molar-refractivity contribution in [3.63, 3.8) is 0 Å². The lowest BCUT2D eigenvalue weighted by atomic mass is 10.1. The topological polar surface area (TPSA) is 75.3 Å². The highest BCUT2D eigenvalue weighted by molar-refractivity contribution is 5.94. The first-order valence-electron chi connectivity index (χ1n) is 6.04. The van der Waals surface area contributed by atoms with Crippen LogP contribution in [0.4, 0.5) is 15.8 Å². The highest BCUT2D eigenvalue weighted by Crippen LogP contribution is 2.23. The number of benzene rings is 1. The lowest BCUT2D eigenvalue weighted by Gasteiger charge is -2.16. The van der Waals surface area contributed by atoms with E-state index in [1.54, 1.807) is 0 Å². The smallest absolute Gasteiger partial charge is 0.337 e. The Bertz CT molecular complexity index is 435. The number of carboxylic acids is 1. The molecule has 0 aliphatic heterocycles. The highest BCUT2D eigenvalue weighted by Gasteiger charge is 2.14. The number of carboxylic acid groups (broad SMARTS) is 1. The molecule has 0 saturated heterocycles. The summed E-state index contributed by atoms with van der Waals surface area (Å²) in [6.07, 6.45) is 3.01. The standard InChI is InChI=1S/C13H19FN2O2/c1-3-4-5-8(2)16-12-6-9(13(17)18)11(15)7-10(12)14/h6-8,16H,3-5,15H2,1-2H3,(H,17,18). The molecule has 0 heterocycles. The van der Waals surface area contributed by atoms with Crippen LogP contribution in [-0.4, -0.2) is 17.1 Å². The summed E-state index contributed by atoms with van der Waals surface area (Å²) in [6, 6.07) is 2.37. The number of halogens is 1. The fraction of sp³-hybridized carbons (Fsp3) is 0.462. The van der Waals surface area contributed by atoms with Crippen molar-refractivity contribution >= 4 is 17.3 Å². The zero-order chi connectivity index (χ0) is 13.7. The number of anilines is 2. The number of hydrogen-bond acceptors (Lipinski definition) is 3. The van der Waals surface area contributed by atoms with Crippen molar-refractivity contribution < 1.29 is 14.3 Å². The molecule has 0 saturated carbocycles. The third kappa shape index (κ3) is 3.61. The van der Waals surface area contributed by atoms with Gasteiger partial charge in [-0.15, -0.1) is 0 Å². The maximum Gasteiger partial charge on any atom is 0.337 e. The summed E-state index contributed by atoms with van der Waals surface area (Å²) in [5.41, 5.74) is 5.49. The van der Waals surface area contributed by atoms with Crippen LogP contribution in [0.3, 0.4) is 0 Å². The molecule has 1 atom stereocenters. The van der Waals surface area contributed by atoms with E-state index < -0.39 is 11.8 Å². The lowest BCUT2D eigenvalue weighted by Crippen LogP contribution is -2.17. The second kappa shape index (κ2) is 6.23. The van der Waals surface area contributed by atoms with Gasteiger partial charge in [0.2, 0.25) is 0 Å². The van der Waals surface area contributed by atoms with Crippen LogP contribution in [0.5, 0.6) is 0 Å². The molecule has 1 rings (SSSR count). The molecule has 0 amide bonds. The summed E-state index contributed by atoms with van der Waals surface area (Å²) in [6.45, 7) is 4.02. The first-order valence-corrected chi connectivity index (χ1v) is 6.04. The number of aromatic carboxylic acids is 1. The van der Waals surface area contributed by atoms with Crippen LogP contribution >= 0.6 is 0 Å². The zero-order valence-electron chi connectivity index (χ0n) is 10.7. The first kappa shape index (κ1) is 14.3. The van der Waals surface area contributed by atoms with Crippen molar-refractivity contribution in [1.82, 2.24) is 0 Å². The van der Waals surface area contributed by atoms with Gasteiger partial charge in [-0.3, -0.25) is 0 Å². The van der Waals surface area contributed by atoms with E-state index in [-0.39, 0.29) is 23.0 Å². The molecular weight excluding hydrogens is 235 g/mol. The minimum Gasteiger partial charge on any atom is -0.478 e. The van der Waals surface area contributed by atoms with Crippen LogP contribution in [0.2, 0.25) is 0 Å². The van der Waals surface area contributed by atoms with Crippen LogP contribution in [-0.2, 0) is 0 Å². The van der Waals surface area contributed by atoms with Crippen LogP contribution < -0.4 is 11.1 Å². The molecule has 0 bridgehead atoms. The van der Waals surface area contributed by atoms with Crippen LogP contribution in [0, 0.1) is 5.82 Å². The minimum atomic E-state index is -1.16. The number of unbranched alkanes of at least 4 members (excludes halogenated alkanes) is 1. The highest BCUT2D eigenvalue weighted by atomic mass is 19.1. The maximum absolute atomic E-state index is 13.6. The number of nitrogen functional groups attached to an aromatic ring is 1. The number of hydrogen-bond donors (Lipinski definition) is 3. The summed E-state index contributed by atoms with van der Waals surface area (Å²) in [5, 5.41) is 11.9. The van der Waals surface area contributed by atoms with Crippen LogP contribution in [0.15, 0.2) is 12.1 Å². The van der Waals surface area contributed by atoms with E-state index in [1.807, 2.05) is 6.92 Å². The predicted octanol–water partition coefficient (Wildman–Crippen LogP) is 3.10. The molecule has 5 heteroatoms. The molecule has 4 nitrogen and oxygen atoms in total. The van der Waals surface area contributed by atoms with Gasteiger partial charge < -0.3 is 16.2 Å². The second-order valence-electron chi connectivity index (χ2n) is 4.41. The number of nitrogens with one attached hydrogen (secondary N) is 1. The molecule has 18 heavy (non-hydrogen) atoms. The summed E-state index contributed by atoms with van der Waals surface area (Å²) in [7, 11) is 0. The SMILES string of the molecule is CCCCC(C)Nc1cc(C(=O)O)c(N)cc1F. The molecule has 0 aromatic heterocycles. The summed E-state index contributed by atoms with van der Waals surface area (Å²) in [5.74, 6) is -1.68. The third-order valence-corrected chi connectivity index (χ3v) is 2.76.